The molecule has 19 heavy (non-hydrogen) atoms. The fourth-order valence-corrected chi connectivity index (χ4v) is 2.03. The molecule has 0 saturated carbocycles. The van der Waals surface area contributed by atoms with Crippen molar-refractivity contribution in [3.63, 3.8) is 0 Å². The SMILES string of the molecule is CC(C)(C)OC(=O)CCCCNC(=O)[C@@H]1CCCN1. The summed E-state index contributed by atoms with van der Waals surface area (Å²) in [6.45, 7) is 7.13. The fourth-order valence-electron chi connectivity index (χ4n) is 2.03. The number of hydrogen-bond acceptors (Lipinski definition) is 4. The maximum absolute atomic E-state index is 11.7. The summed E-state index contributed by atoms with van der Waals surface area (Å²) < 4.78 is 5.21. The van der Waals surface area contributed by atoms with Gasteiger partial charge in [-0.05, 0) is 53.0 Å². The third-order valence-corrected chi connectivity index (χ3v) is 2.90. The minimum Gasteiger partial charge on any atom is -0.460 e. The van der Waals surface area contributed by atoms with Crippen molar-refractivity contribution in [2.45, 2.75) is 64.5 Å². The van der Waals surface area contributed by atoms with Gasteiger partial charge in [0.2, 0.25) is 5.91 Å². The van der Waals surface area contributed by atoms with Crippen LogP contribution in [0.2, 0.25) is 0 Å². The molecule has 1 amide bonds. The highest BCUT2D eigenvalue weighted by Gasteiger charge is 2.21. The Morgan fingerprint density at radius 2 is 2.05 bits per heavy atom. The molecule has 1 heterocycles. The van der Waals surface area contributed by atoms with Crippen LogP contribution in [0.1, 0.15) is 52.9 Å². The zero-order valence-electron chi connectivity index (χ0n) is 12.3. The second kappa shape index (κ2) is 7.48. The van der Waals surface area contributed by atoms with Gasteiger partial charge in [-0.25, -0.2) is 0 Å². The summed E-state index contributed by atoms with van der Waals surface area (Å²) in [5.41, 5.74) is -0.417. The highest BCUT2D eigenvalue weighted by atomic mass is 16.6. The van der Waals surface area contributed by atoms with E-state index in [1.165, 1.54) is 0 Å². The molecule has 0 bridgehead atoms. The Morgan fingerprint density at radius 1 is 1.32 bits per heavy atom. The number of carbonyl (C=O) groups is 2. The maximum Gasteiger partial charge on any atom is 0.306 e. The molecule has 1 fully saturated rings. The quantitative estimate of drug-likeness (QED) is 0.565. The van der Waals surface area contributed by atoms with E-state index in [0.29, 0.717) is 13.0 Å². The van der Waals surface area contributed by atoms with Gasteiger partial charge >= 0.3 is 5.97 Å². The molecule has 110 valence electrons. The predicted octanol–water partition coefficient (Wildman–Crippen LogP) is 1.37. The molecule has 0 radical (unpaired) electrons. The first-order valence-electron chi connectivity index (χ1n) is 7.11. The van der Waals surface area contributed by atoms with Gasteiger partial charge < -0.3 is 15.4 Å². The Labute approximate surface area is 115 Å². The third kappa shape index (κ3) is 7.15. The summed E-state index contributed by atoms with van der Waals surface area (Å²) in [6.07, 6.45) is 3.94. The highest BCUT2D eigenvalue weighted by Crippen LogP contribution is 2.09. The smallest absolute Gasteiger partial charge is 0.306 e. The number of hydrogen-bond donors (Lipinski definition) is 2. The van der Waals surface area contributed by atoms with Crippen LogP contribution in [-0.2, 0) is 14.3 Å². The standard InChI is InChI=1S/C14H26N2O3/c1-14(2,3)19-12(17)8-4-5-9-16-13(18)11-7-6-10-15-11/h11,15H,4-10H2,1-3H3,(H,16,18)/t11-/m0/s1. The van der Waals surface area contributed by atoms with Crippen LogP contribution in [0.25, 0.3) is 0 Å². The van der Waals surface area contributed by atoms with Gasteiger partial charge in [0.15, 0.2) is 0 Å². The number of rotatable bonds is 6. The van der Waals surface area contributed by atoms with Crippen LogP contribution < -0.4 is 10.6 Å². The van der Waals surface area contributed by atoms with E-state index in [9.17, 15) is 9.59 Å². The molecule has 0 aromatic rings. The largest absolute Gasteiger partial charge is 0.460 e. The lowest BCUT2D eigenvalue weighted by molar-refractivity contribution is -0.154. The summed E-state index contributed by atoms with van der Waals surface area (Å²) in [5, 5.41) is 6.05. The van der Waals surface area contributed by atoms with Crippen LogP contribution in [0.15, 0.2) is 0 Å². The van der Waals surface area contributed by atoms with Crippen molar-refractivity contribution >= 4 is 11.9 Å². The van der Waals surface area contributed by atoms with E-state index < -0.39 is 5.60 Å². The van der Waals surface area contributed by atoms with Crippen LogP contribution >= 0.6 is 0 Å². The molecule has 5 nitrogen and oxygen atoms in total. The third-order valence-electron chi connectivity index (χ3n) is 2.90. The second-order valence-electron chi connectivity index (χ2n) is 5.98. The molecule has 1 saturated heterocycles. The fraction of sp³-hybridized carbons (Fsp3) is 0.857. The summed E-state index contributed by atoms with van der Waals surface area (Å²) in [7, 11) is 0. The maximum atomic E-state index is 11.7. The minimum absolute atomic E-state index is 0.0224. The van der Waals surface area contributed by atoms with Gasteiger partial charge in [0, 0.05) is 13.0 Å². The highest BCUT2D eigenvalue weighted by molar-refractivity contribution is 5.81. The van der Waals surface area contributed by atoms with Crippen molar-refractivity contribution in [3.8, 4) is 0 Å². The summed E-state index contributed by atoms with van der Waals surface area (Å²) >= 11 is 0. The lowest BCUT2D eigenvalue weighted by Crippen LogP contribution is -2.40. The first-order chi connectivity index (χ1) is 8.88. The number of esters is 1. The lowest BCUT2D eigenvalue weighted by atomic mass is 10.2. The van der Waals surface area contributed by atoms with Crippen molar-refractivity contribution in [2.75, 3.05) is 13.1 Å². The van der Waals surface area contributed by atoms with Crippen LogP contribution in [0.5, 0.6) is 0 Å². The average Bonchev–Trinajstić information content (AvgIpc) is 2.79. The van der Waals surface area contributed by atoms with Crippen molar-refractivity contribution in [2.24, 2.45) is 0 Å². The van der Waals surface area contributed by atoms with E-state index in [1.54, 1.807) is 0 Å². The van der Waals surface area contributed by atoms with Crippen molar-refractivity contribution < 1.29 is 14.3 Å². The predicted molar refractivity (Wildman–Crippen MR) is 73.7 cm³/mol. The Hall–Kier alpha value is -1.10. The van der Waals surface area contributed by atoms with Gasteiger partial charge in [0.05, 0.1) is 6.04 Å². The lowest BCUT2D eigenvalue weighted by Gasteiger charge is -2.19. The van der Waals surface area contributed by atoms with E-state index in [0.717, 1.165) is 32.2 Å². The molecule has 0 aromatic carbocycles. The Bertz CT molecular complexity index is 304. The Kier molecular flexibility index (Phi) is 6.28. The Morgan fingerprint density at radius 3 is 2.63 bits per heavy atom. The molecule has 2 N–H and O–H groups in total. The molecule has 5 heteroatoms. The molecule has 1 aliphatic rings. The average molecular weight is 270 g/mol. The number of unbranched alkanes of at least 4 members (excludes halogenated alkanes) is 1. The molecule has 0 aliphatic carbocycles. The van der Waals surface area contributed by atoms with Crippen molar-refractivity contribution in [3.05, 3.63) is 0 Å². The topological polar surface area (TPSA) is 67.4 Å². The van der Waals surface area contributed by atoms with E-state index in [2.05, 4.69) is 10.6 Å². The van der Waals surface area contributed by atoms with Crippen LogP contribution in [0, 0.1) is 0 Å². The monoisotopic (exact) mass is 270 g/mol. The summed E-state index contributed by atoms with van der Waals surface area (Å²) in [4.78, 5) is 23.1. The summed E-state index contributed by atoms with van der Waals surface area (Å²) in [5.74, 6) is -0.0916. The second-order valence-corrected chi connectivity index (χ2v) is 5.98. The van der Waals surface area contributed by atoms with Gasteiger partial charge in [-0.3, -0.25) is 9.59 Å². The van der Waals surface area contributed by atoms with E-state index >= 15 is 0 Å². The molecule has 0 spiro atoms. The van der Waals surface area contributed by atoms with Gasteiger partial charge in [-0.15, -0.1) is 0 Å². The Balaban J connectivity index is 2.01. The van der Waals surface area contributed by atoms with Crippen molar-refractivity contribution in [1.82, 2.24) is 10.6 Å². The number of amides is 1. The van der Waals surface area contributed by atoms with E-state index in [4.69, 9.17) is 4.74 Å². The molecule has 0 aromatic heterocycles. The molecular weight excluding hydrogens is 244 g/mol. The molecule has 0 unspecified atom stereocenters. The van der Waals surface area contributed by atoms with E-state index in [-0.39, 0.29) is 17.9 Å². The zero-order valence-corrected chi connectivity index (χ0v) is 12.3. The molecule has 1 aliphatic heterocycles. The minimum atomic E-state index is -0.417. The first kappa shape index (κ1) is 16.0. The number of nitrogens with one attached hydrogen (secondary N) is 2. The van der Waals surface area contributed by atoms with Gasteiger partial charge in [0.25, 0.3) is 0 Å². The molecular formula is C14H26N2O3. The van der Waals surface area contributed by atoms with Crippen LogP contribution in [0.3, 0.4) is 0 Å². The van der Waals surface area contributed by atoms with Crippen LogP contribution in [-0.4, -0.2) is 36.6 Å². The zero-order chi connectivity index (χ0) is 14.3. The number of ether oxygens (including phenoxy) is 1. The molecule has 1 rings (SSSR count). The first-order valence-corrected chi connectivity index (χ1v) is 7.11. The van der Waals surface area contributed by atoms with Crippen molar-refractivity contribution in [1.29, 1.82) is 0 Å². The normalized spacial score (nSPS) is 19.2. The molecule has 1 atom stereocenters. The summed E-state index contributed by atoms with van der Waals surface area (Å²) in [6, 6.07) is -0.0224. The van der Waals surface area contributed by atoms with Crippen LogP contribution in [0.4, 0.5) is 0 Å². The van der Waals surface area contributed by atoms with Gasteiger partial charge in [0.1, 0.15) is 5.60 Å². The van der Waals surface area contributed by atoms with E-state index in [1.807, 2.05) is 20.8 Å². The van der Waals surface area contributed by atoms with Gasteiger partial charge in [-0.2, -0.15) is 0 Å². The van der Waals surface area contributed by atoms with Gasteiger partial charge in [-0.1, -0.05) is 0 Å². The number of carbonyl (C=O) groups excluding carboxylic acids is 2.